The first-order chi connectivity index (χ1) is 9.01. The van der Waals surface area contributed by atoms with Crippen LogP contribution in [0.5, 0.6) is 0 Å². The average molecular weight is 300 g/mol. The van der Waals surface area contributed by atoms with Crippen LogP contribution in [-0.4, -0.2) is 32.8 Å². The number of carbonyl (C=O) groups is 2. The van der Waals surface area contributed by atoms with Crippen molar-refractivity contribution in [2.45, 2.75) is 71.4 Å². The molecule has 0 aromatic heterocycles. The van der Waals surface area contributed by atoms with Gasteiger partial charge in [-0.25, -0.2) is 0 Å². The Balaban J connectivity index is 2.95. The molecule has 0 radical (unpaired) electrons. The summed E-state index contributed by atoms with van der Waals surface area (Å²) in [4.78, 5) is 22.7. The van der Waals surface area contributed by atoms with Crippen molar-refractivity contribution in [2.24, 2.45) is 11.8 Å². The van der Waals surface area contributed by atoms with E-state index in [1.54, 1.807) is 0 Å². The summed E-state index contributed by atoms with van der Waals surface area (Å²) < 4.78 is 11.8. The predicted octanol–water partition coefficient (Wildman–Crippen LogP) is 3.16. The minimum atomic E-state index is -1.95. The van der Waals surface area contributed by atoms with Crippen LogP contribution >= 0.6 is 0 Å². The van der Waals surface area contributed by atoms with Gasteiger partial charge in [-0.05, 0) is 25.1 Å². The van der Waals surface area contributed by atoms with Gasteiger partial charge in [0.25, 0.3) is 0 Å². The quantitative estimate of drug-likeness (QED) is 0.454. The molecule has 20 heavy (non-hydrogen) atoms. The zero-order chi connectivity index (χ0) is 15.7. The van der Waals surface area contributed by atoms with Crippen molar-refractivity contribution in [2.75, 3.05) is 0 Å². The first-order valence-corrected chi connectivity index (χ1v) is 10.2. The lowest BCUT2D eigenvalue weighted by Crippen LogP contribution is -2.54. The van der Waals surface area contributed by atoms with Crippen molar-refractivity contribution in [1.29, 1.82) is 0 Å². The van der Waals surface area contributed by atoms with Crippen molar-refractivity contribution in [3.05, 3.63) is 0 Å². The second kappa shape index (κ2) is 5.98. The molecule has 0 amide bonds. The highest BCUT2D eigenvalue weighted by Gasteiger charge is 2.47. The van der Waals surface area contributed by atoms with Crippen LogP contribution in [0.15, 0.2) is 0 Å². The molecule has 1 rings (SSSR count). The van der Waals surface area contributed by atoms with Gasteiger partial charge in [-0.3, -0.25) is 4.79 Å². The molecule has 0 unspecified atom stereocenters. The van der Waals surface area contributed by atoms with E-state index < -0.39 is 8.32 Å². The van der Waals surface area contributed by atoms with Crippen LogP contribution in [0.2, 0.25) is 18.1 Å². The van der Waals surface area contributed by atoms with Crippen molar-refractivity contribution in [1.82, 2.24) is 0 Å². The fourth-order valence-electron chi connectivity index (χ4n) is 2.25. The van der Waals surface area contributed by atoms with E-state index in [1.807, 2.05) is 13.8 Å². The standard InChI is InChI=1S/C15H28O4Si/c1-10-12(8-9-16)18-14(17)11(2)13(10)19-20(6,7)15(3,4)5/h9-13H,8H2,1-7H3/t10-,11+,12-,13-/m0/s1. The summed E-state index contributed by atoms with van der Waals surface area (Å²) in [5.41, 5.74) is 0. The lowest BCUT2D eigenvalue weighted by Gasteiger charge is -2.45. The largest absolute Gasteiger partial charge is 0.461 e. The van der Waals surface area contributed by atoms with Gasteiger partial charge in [-0.2, -0.15) is 0 Å². The van der Waals surface area contributed by atoms with Gasteiger partial charge in [0.05, 0.1) is 12.0 Å². The van der Waals surface area contributed by atoms with Gasteiger partial charge in [0, 0.05) is 12.3 Å². The minimum absolute atomic E-state index is 0.0435. The number of aldehydes is 1. The second-order valence-electron chi connectivity index (χ2n) is 7.37. The molecule has 5 heteroatoms. The molecular weight excluding hydrogens is 272 g/mol. The monoisotopic (exact) mass is 300 g/mol. The SMILES string of the molecule is C[C@@H]1[C@H](O[Si](C)(C)C(C)(C)C)[C@@H](C)C(=O)O[C@H]1CC=O. The van der Waals surface area contributed by atoms with Crippen LogP contribution in [-0.2, 0) is 18.8 Å². The van der Waals surface area contributed by atoms with Crippen LogP contribution in [0.4, 0.5) is 0 Å². The molecule has 0 N–H and O–H groups in total. The Morgan fingerprint density at radius 1 is 1.30 bits per heavy atom. The zero-order valence-corrected chi connectivity index (χ0v) is 14.7. The average Bonchev–Trinajstić information content (AvgIpc) is 2.30. The number of hydrogen-bond donors (Lipinski definition) is 0. The topological polar surface area (TPSA) is 52.6 Å². The Morgan fingerprint density at radius 2 is 1.85 bits per heavy atom. The van der Waals surface area contributed by atoms with E-state index in [-0.39, 0.29) is 41.5 Å². The summed E-state index contributed by atoms with van der Waals surface area (Å²) in [6.45, 7) is 14.8. The lowest BCUT2D eigenvalue weighted by atomic mass is 9.85. The third kappa shape index (κ3) is 3.50. The molecule has 0 aromatic carbocycles. The first kappa shape index (κ1) is 17.4. The highest BCUT2D eigenvalue weighted by molar-refractivity contribution is 6.74. The van der Waals surface area contributed by atoms with Crippen LogP contribution in [0.25, 0.3) is 0 Å². The summed E-state index contributed by atoms with van der Waals surface area (Å²) in [7, 11) is -1.95. The van der Waals surface area contributed by atoms with Crippen LogP contribution in [0.1, 0.15) is 41.0 Å². The zero-order valence-electron chi connectivity index (χ0n) is 13.7. The van der Waals surface area contributed by atoms with Crippen LogP contribution in [0.3, 0.4) is 0 Å². The maximum absolute atomic E-state index is 12.0. The van der Waals surface area contributed by atoms with Crippen LogP contribution in [0, 0.1) is 11.8 Å². The van der Waals surface area contributed by atoms with Gasteiger partial charge in [-0.1, -0.05) is 27.7 Å². The van der Waals surface area contributed by atoms with Gasteiger partial charge in [0.1, 0.15) is 12.4 Å². The van der Waals surface area contributed by atoms with E-state index >= 15 is 0 Å². The molecule has 0 bridgehead atoms. The molecule has 4 nitrogen and oxygen atoms in total. The Bertz CT molecular complexity index is 373. The molecule has 0 spiro atoms. The van der Waals surface area contributed by atoms with Crippen molar-refractivity contribution in [3.63, 3.8) is 0 Å². The Labute approximate surface area is 123 Å². The van der Waals surface area contributed by atoms with Gasteiger partial charge in [0.15, 0.2) is 8.32 Å². The summed E-state index contributed by atoms with van der Waals surface area (Å²) >= 11 is 0. The van der Waals surface area contributed by atoms with Gasteiger partial charge in [0.2, 0.25) is 0 Å². The highest BCUT2D eigenvalue weighted by Crippen LogP contribution is 2.41. The molecular formula is C15H28O4Si. The molecule has 4 atom stereocenters. The lowest BCUT2D eigenvalue weighted by molar-refractivity contribution is -0.176. The fourth-order valence-corrected chi connectivity index (χ4v) is 3.70. The number of rotatable bonds is 4. The number of esters is 1. The molecule has 0 saturated carbocycles. The maximum atomic E-state index is 12.0. The first-order valence-electron chi connectivity index (χ1n) is 7.33. The molecule has 1 saturated heterocycles. The number of cyclic esters (lactones) is 1. The van der Waals surface area contributed by atoms with Gasteiger partial charge < -0.3 is 14.0 Å². The number of carbonyl (C=O) groups excluding carboxylic acids is 2. The van der Waals surface area contributed by atoms with E-state index in [9.17, 15) is 9.59 Å². The van der Waals surface area contributed by atoms with Crippen molar-refractivity contribution >= 4 is 20.6 Å². The summed E-state index contributed by atoms with van der Waals surface area (Å²) in [5, 5.41) is 0.0912. The Morgan fingerprint density at radius 3 is 2.30 bits per heavy atom. The minimum Gasteiger partial charge on any atom is -0.461 e. The molecule has 116 valence electrons. The highest BCUT2D eigenvalue weighted by atomic mass is 28.4. The third-order valence-corrected chi connectivity index (χ3v) is 9.28. The molecule has 1 fully saturated rings. The summed E-state index contributed by atoms with van der Waals surface area (Å²) in [6.07, 6.45) is 0.540. The van der Waals surface area contributed by atoms with Crippen molar-refractivity contribution < 1.29 is 18.8 Å². The van der Waals surface area contributed by atoms with E-state index in [2.05, 4.69) is 33.9 Å². The normalized spacial score (nSPS) is 31.9. The smallest absolute Gasteiger partial charge is 0.311 e. The fraction of sp³-hybridized carbons (Fsp3) is 0.867. The Hall–Kier alpha value is -0.683. The molecule has 1 heterocycles. The van der Waals surface area contributed by atoms with Gasteiger partial charge >= 0.3 is 5.97 Å². The predicted molar refractivity (Wildman–Crippen MR) is 81.0 cm³/mol. The second-order valence-corrected chi connectivity index (χ2v) is 12.1. The van der Waals surface area contributed by atoms with Crippen LogP contribution < -0.4 is 0 Å². The maximum Gasteiger partial charge on any atom is 0.311 e. The third-order valence-electron chi connectivity index (χ3n) is 4.80. The van der Waals surface area contributed by atoms with E-state index in [0.29, 0.717) is 0 Å². The molecule has 1 aliphatic rings. The molecule has 1 aliphatic heterocycles. The van der Waals surface area contributed by atoms with E-state index in [4.69, 9.17) is 9.16 Å². The molecule has 0 aromatic rings. The number of ether oxygens (including phenoxy) is 1. The summed E-state index contributed by atoms with van der Waals surface area (Å²) in [5.74, 6) is -0.484. The Kier molecular flexibility index (Phi) is 5.19. The molecule has 0 aliphatic carbocycles. The van der Waals surface area contributed by atoms with Crippen molar-refractivity contribution in [3.8, 4) is 0 Å². The number of hydrogen-bond acceptors (Lipinski definition) is 4. The van der Waals surface area contributed by atoms with E-state index in [1.165, 1.54) is 0 Å². The summed E-state index contributed by atoms with van der Waals surface area (Å²) in [6, 6.07) is 0. The van der Waals surface area contributed by atoms with Gasteiger partial charge in [-0.15, -0.1) is 0 Å². The van der Waals surface area contributed by atoms with E-state index in [0.717, 1.165) is 6.29 Å².